The summed E-state index contributed by atoms with van der Waals surface area (Å²) in [5, 5.41) is 0. The van der Waals surface area contributed by atoms with Crippen LogP contribution in [-0.2, 0) is 23.1 Å². The van der Waals surface area contributed by atoms with E-state index in [0.29, 0.717) is 24.4 Å². The first-order chi connectivity index (χ1) is 14.0. The van der Waals surface area contributed by atoms with Gasteiger partial charge in [-0.1, -0.05) is 6.07 Å². The van der Waals surface area contributed by atoms with Crippen molar-refractivity contribution in [3.05, 3.63) is 84.1 Å². The van der Waals surface area contributed by atoms with Gasteiger partial charge in [-0.3, -0.25) is 9.78 Å². The van der Waals surface area contributed by atoms with E-state index in [-0.39, 0.29) is 16.8 Å². The lowest BCUT2D eigenvalue weighted by Gasteiger charge is -2.22. The Morgan fingerprint density at radius 2 is 1.90 bits per heavy atom. The van der Waals surface area contributed by atoms with Crippen LogP contribution in [0.1, 0.15) is 34.5 Å². The standard InChI is InChI=1S/C21H21N3O4S/c25-21(17-5-9-20(10-6-17)29(26,27)23-18-7-8-18)24(15-19-4-2-12-28-19)14-16-3-1-11-22-13-16/h1-6,9-13,18,23H,7-8,14-15H2. The van der Waals surface area contributed by atoms with Crippen molar-refractivity contribution in [2.45, 2.75) is 36.9 Å². The van der Waals surface area contributed by atoms with Crippen LogP contribution in [-0.4, -0.2) is 30.3 Å². The van der Waals surface area contributed by atoms with Gasteiger partial charge in [-0.25, -0.2) is 13.1 Å². The molecule has 1 saturated carbocycles. The van der Waals surface area contributed by atoms with E-state index in [9.17, 15) is 13.2 Å². The monoisotopic (exact) mass is 411 g/mol. The minimum atomic E-state index is -3.55. The van der Waals surface area contributed by atoms with Gasteiger partial charge in [0, 0.05) is 30.5 Å². The SMILES string of the molecule is O=C(c1ccc(S(=O)(=O)NC2CC2)cc1)N(Cc1cccnc1)Cc1ccco1. The third kappa shape index (κ3) is 4.90. The van der Waals surface area contributed by atoms with E-state index in [2.05, 4.69) is 9.71 Å². The molecule has 3 aromatic rings. The number of nitrogens with one attached hydrogen (secondary N) is 1. The lowest BCUT2D eigenvalue weighted by molar-refractivity contribution is 0.0717. The Hall–Kier alpha value is -2.97. The number of furan rings is 1. The van der Waals surface area contributed by atoms with Crippen molar-refractivity contribution >= 4 is 15.9 Å². The van der Waals surface area contributed by atoms with Gasteiger partial charge in [0.15, 0.2) is 0 Å². The molecule has 150 valence electrons. The summed E-state index contributed by atoms with van der Waals surface area (Å²) in [7, 11) is -3.55. The molecule has 0 aliphatic heterocycles. The summed E-state index contributed by atoms with van der Waals surface area (Å²) in [6, 6.07) is 13.3. The number of hydrogen-bond donors (Lipinski definition) is 1. The van der Waals surface area contributed by atoms with Crippen LogP contribution in [0, 0.1) is 0 Å². The normalized spacial score (nSPS) is 13.9. The second-order valence-electron chi connectivity index (χ2n) is 7.02. The molecule has 1 N–H and O–H groups in total. The van der Waals surface area contributed by atoms with Gasteiger partial charge in [0.2, 0.25) is 10.0 Å². The third-order valence-corrected chi connectivity index (χ3v) is 6.16. The Morgan fingerprint density at radius 1 is 1.10 bits per heavy atom. The van der Waals surface area contributed by atoms with Crippen molar-refractivity contribution in [1.82, 2.24) is 14.6 Å². The first kappa shape index (κ1) is 19.4. The van der Waals surface area contributed by atoms with E-state index in [1.165, 1.54) is 12.1 Å². The second-order valence-corrected chi connectivity index (χ2v) is 8.74. The summed E-state index contributed by atoms with van der Waals surface area (Å²) in [6.45, 7) is 0.653. The summed E-state index contributed by atoms with van der Waals surface area (Å²) in [5.74, 6) is 0.444. The molecular formula is C21H21N3O4S. The van der Waals surface area contributed by atoms with Crippen molar-refractivity contribution in [2.24, 2.45) is 0 Å². The van der Waals surface area contributed by atoms with Crippen LogP contribution in [0.25, 0.3) is 0 Å². The van der Waals surface area contributed by atoms with E-state index >= 15 is 0 Å². The molecule has 2 aromatic heterocycles. The van der Waals surface area contributed by atoms with E-state index < -0.39 is 10.0 Å². The zero-order valence-electron chi connectivity index (χ0n) is 15.7. The summed E-state index contributed by atoms with van der Waals surface area (Å²) in [4.78, 5) is 19.0. The van der Waals surface area contributed by atoms with E-state index in [0.717, 1.165) is 18.4 Å². The van der Waals surface area contributed by atoms with Gasteiger partial charge in [0.1, 0.15) is 5.76 Å². The maximum Gasteiger partial charge on any atom is 0.254 e. The van der Waals surface area contributed by atoms with Gasteiger partial charge < -0.3 is 9.32 Å². The van der Waals surface area contributed by atoms with E-state index in [1.807, 2.05) is 18.2 Å². The number of carbonyl (C=O) groups is 1. The number of amides is 1. The molecule has 0 spiro atoms. The first-order valence-electron chi connectivity index (χ1n) is 9.34. The largest absolute Gasteiger partial charge is 0.467 e. The molecular weight excluding hydrogens is 390 g/mol. The number of nitrogens with zero attached hydrogens (tertiary/aromatic N) is 2. The summed E-state index contributed by atoms with van der Waals surface area (Å²) in [6.07, 6.45) is 6.69. The predicted molar refractivity (Wildman–Crippen MR) is 106 cm³/mol. The number of carbonyl (C=O) groups excluding carboxylic acids is 1. The minimum Gasteiger partial charge on any atom is -0.467 e. The Labute approximate surface area is 169 Å². The highest BCUT2D eigenvalue weighted by atomic mass is 32.2. The molecule has 4 rings (SSSR count). The molecule has 0 bridgehead atoms. The fourth-order valence-electron chi connectivity index (χ4n) is 2.95. The molecule has 1 fully saturated rings. The molecule has 8 heteroatoms. The molecule has 1 aromatic carbocycles. The quantitative estimate of drug-likeness (QED) is 0.615. The second kappa shape index (κ2) is 8.18. The molecule has 0 unspecified atom stereocenters. The zero-order chi connectivity index (χ0) is 20.3. The molecule has 2 heterocycles. The number of pyridine rings is 1. The average molecular weight is 411 g/mol. The number of hydrogen-bond acceptors (Lipinski definition) is 5. The van der Waals surface area contributed by atoms with Crippen LogP contribution >= 0.6 is 0 Å². The Morgan fingerprint density at radius 3 is 2.52 bits per heavy atom. The Kier molecular flexibility index (Phi) is 5.46. The van der Waals surface area contributed by atoms with Crippen LogP contribution < -0.4 is 4.72 Å². The minimum absolute atomic E-state index is 0.0320. The highest BCUT2D eigenvalue weighted by Gasteiger charge is 2.28. The predicted octanol–water partition coefficient (Wildman–Crippen LogP) is 2.96. The highest BCUT2D eigenvalue weighted by molar-refractivity contribution is 7.89. The van der Waals surface area contributed by atoms with Crippen LogP contribution in [0.2, 0.25) is 0 Å². The Bertz CT molecular complexity index is 1060. The fourth-order valence-corrected chi connectivity index (χ4v) is 4.26. The molecule has 29 heavy (non-hydrogen) atoms. The number of benzene rings is 1. The molecule has 0 atom stereocenters. The average Bonchev–Trinajstić information content (AvgIpc) is 3.38. The van der Waals surface area contributed by atoms with Crippen molar-refractivity contribution in [3.8, 4) is 0 Å². The van der Waals surface area contributed by atoms with Gasteiger partial charge in [0.05, 0.1) is 17.7 Å². The van der Waals surface area contributed by atoms with E-state index in [4.69, 9.17) is 4.42 Å². The van der Waals surface area contributed by atoms with Crippen molar-refractivity contribution < 1.29 is 17.6 Å². The van der Waals surface area contributed by atoms with Gasteiger partial charge >= 0.3 is 0 Å². The van der Waals surface area contributed by atoms with Crippen LogP contribution in [0.3, 0.4) is 0 Å². The third-order valence-electron chi connectivity index (χ3n) is 4.62. The summed E-state index contributed by atoms with van der Waals surface area (Å²) in [5.41, 5.74) is 1.30. The summed E-state index contributed by atoms with van der Waals surface area (Å²) >= 11 is 0. The smallest absolute Gasteiger partial charge is 0.254 e. The van der Waals surface area contributed by atoms with Crippen molar-refractivity contribution in [1.29, 1.82) is 0 Å². The van der Waals surface area contributed by atoms with Crippen LogP contribution in [0.15, 0.2) is 76.5 Å². The van der Waals surface area contributed by atoms with Gasteiger partial charge in [-0.05, 0) is 60.9 Å². The molecule has 1 aliphatic carbocycles. The number of sulfonamides is 1. The number of aromatic nitrogens is 1. The van der Waals surface area contributed by atoms with Crippen LogP contribution in [0.5, 0.6) is 0 Å². The van der Waals surface area contributed by atoms with Gasteiger partial charge in [-0.15, -0.1) is 0 Å². The lowest BCUT2D eigenvalue weighted by atomic mass is 10.1. The van der Waals surface area contributed by atoms with Crippen molar-refractivity contribution in [2.75, 3.05) is 0 Å². The van der Waals surface area contributed by atoms with E-state index in [1.54, 1.807) is 41.8 Å². The molecule has 1 amide bonds. The zero-order valence-corrected chi connectivity index (χ0v) is 16.5. The van der Waals surface area contributed by atoms with Crippen LogP contribution in [0.4, 0.5) is 0 Å². The Balaban J connectivity index is 1.54. The first-order valence-corrected chi connectivity index (χ1v) is 10.8. The maximum absolute atomic E-state index is 13.1. The maximum atomic E-state index is 13.1. The molecule has 7 nitrogen and oxygen atoms in total. The topological polar surface area (TPSA) is 92.5 Å². The summed E-state index contributed by atoms with van der Waals surface area (Å²) < 4.78 is 32.7. The lowest BCUT2D eigenvalue weighted by Crippen LogP contribution is -2.30. The molecule has 0 radical (unpaired) electrons. The van der Waals surface area contributed by atoms with Gasteiger partial charge in [0.25, 0.3) is 5.91 Å². The van der Waals surface area contributed by atoms with Gasteiger partial charge in [-0.2, -0.15) is 0 Å². The number of rotatable bonds is 8. The molecule has 0 saturated heterocycles. The fraction of sp³-hybridized carbons (Fsp3) is 0.238. The van der Waals surface area contributed by atoms with Crippen molar-refractivity contribution in [3.63, 3.8) is 0 Å². The molecule has 1 aliphatic rings. The highest BCUT2D eigenvalue weighted by Crippen LogP contribution is 2.23.